The average Bonchev–Trinajstić information content (AvgIpc) is 2.74. The molecule has 5 nitrogen and oxygen atoms in total. The van der Waals surface area contributed by atoms with Gasteiger partial charge in [-0.1, -0.05) is 18.2 Å². The smallest absolute Gasteiger partial charge is 0.416 e. The third kappa shape index (κ3) is 3.84. The van der Waals surface area contributed by atoms with Crippen LogP contribution in [0.25, 0.3) is 0 Å². The molecule has 26 heavy (non-hydrogen) atoms. The number of nitrogens with zero attached hydrogens (tertiary/aromatic N) is 2. The van der Waals surface area contributed by atoms with Crippen molar-refractivity contribution in [3.05, 3.63) is 53.6 Å². The number of aliphatic imine (C=N–C) groups is 1. The fourth-order valence-corrected chi connectivity index (χ4v) is 2.89. The largest absolute Gasteiger partial charge is 0.487 e. The maximum Gasteiger partial charge on any atom is 0.416 e. The fraction of sp³-hybridized carbons (Fsp3) is 0.278. The molecule has 0 bridgehead atoms. The summed E-state index contributed by atoms with van der Waals surface area (Å²) in [6.45, 7) is 1.13. The Hall–Kier alpha value is -2.90. The van der Waals surface area contributed by atoms with E-state index in [0.29, 0.717) is 37.6 Å². The average molecular weight is 364 g/mol. The predicted octanol–water partition coefficient (Wildman–Crippen LogP) is 3.40. The van der Waals surface area contributed by atoms with Crippen molar-refractivity contribution in [2.75, 3.05) is 18.0 Å². The Morgan fingerprint density at radius 3 is 2.62 bits per heavy atom. The molecule has 4 N–H and O–H groups in total. The summed E-state index contributed by atoms with van der Waals surface area (Å²) in [7, 11) is 0. The van der Waals surface area contributed by atoms with Crippen LogP contribution >= 0.6 is 0 Å². The minimum Gasteiger partial charge on any atom is -0.487 e. The molecule has 0 saturated heterocycles. The molecule has 0 aliphatic carbocycles. The zero-order valence-electron chi connectivity index (χ0n) is 14.0. The van der Waals surface area contributed by atoms with Gasteiger partial charge in [0.25, 0.3) is 0 Å². The van der Waals surface area contributed by atoms with Crippen LogP contribution < -0.4 is 21.1 Å². The van der Waals surface area contributed by atoms with E-state index >= 15 is 0 Å². The van der Waals surface area contributed by atoms with Crippen LogP contribution in [0.5, 0.6) is 5.75 Å². The lowest BCUT2D eigenvalue weighted by Crippen LogP contribution is -2.24. The normalized spacial score (nSPS) is 13.3. The summed E-state index contributed by atoms with van der Waals surface area (Å²) in [6, 6.07) is 11.0. The third-order valence-electron chi connectivity index (χ3n) is 4.08. The second kappa shape index (κ2) is 7.15. The molecule has 1 aliphatic heterocycles. The lowest BCUT2D eigenvalue weighted by molar-refractivity contribution is -0.137. The zero-order chi connectivity index (χ0) is 18.7. The Kier molecular flexibility index (Phi) is 4.92. The Bertz CT molecular complexity index is 816. The second-order valence-electron chi connectivity index (χ2n) is 5.91. The molecule has 0 spiro atoms. The number of guanidine groups is 1. The van der Waals surface area contributed by atoms with Crippen molar-refractivity contribution < 1.29 is 17.9 Å². The van der Waals surface area contributed by atoms with Gasteiger partial charge in [0.1, 0.15) is 12.4 Å². The van der Waals surface area contributed by atoms with Crippen molar-refractivity contribution in [2.24, 2.45) is 16.5 Å². The van der Waals surface area contributed by atoms with Gasteiger partial charge in [0.05, 0.1) is 11.3 Å². The number of nitrogens with two attached hydrogens (primary N) is 2. The summed E-state index contributed by atoms with van der Waals surface area (Å²) < 4.78 is 45.3. The van der Waals surface area contributed by atoms with Crippen LogP contribution in [0.3, 0.4) is 0 Å². The summed E-state index contributed by atoms with van der Waals surface area (Å²) in [4.78, 5) is 5.76. The van der Waals surface area contributed by atoms with Crippen molar-refractivity contribution >= 4 is 17.3 Å². The summed E-state index contributed by atoms with van der Waals surface area (Å²) in [5.74, 6) is 0.403. The highest BCUT2D eigenvalue weighted by Crippen LogP contribution is 2.42. The SMILES string of the molecule is NC(N)=NCCCN1c2ccccc2COc2ccc(C(F)(F)F)cc21. The molecule has 2 aromatic rings. The molecule has 2 aromatic carbocycles. The molecule has 0 amide bonds. The summed E-state index contributed by atoms with van der Waals surface area (Å²) in [6.07, 6.45) is -3.85. The highest BCUT2D eigenvalue weighted by molar-refractivity contribution is 5.75. The van der Waals surface area contributed by atoms with E-state index in [1.54, 1.807) is 0 Å². The van der Waals surface area contributed by atoms with E-state index in [-0.39, 0.29) is 5.96 Å². The van der Waals surface area contributed by atoms with Gasteiger partial charge in [-0.2, -0.15) is 13.2 Å². The standard InChI is InChI=1S/C18H19F3N4O/c19-18(20,21)13-6-7-16-15(10-13)25(9-3-8-24-17(22)23)14-5-2-1-4-12(14)11-26-16/h1-2,4-7,10H,3,8-9,11H2,(H4,22,23,24). The van der Waals surface area contributed by atoms with E-state index in [1.807, 2.05) is 29.2 Å². The number of hydrogen-bond donors (Lipinski definition) is 2. The third-order valence-corrected chi connectivity index (χ3v) is 4.08. The Morgan fingerprint density at radius 2 is 1.88 bits per heavy atom. The van der Waals surface area contributed by atoms with Crippen LogP contribution in [0.1, 0.15) is 17.5 Å². The number of alkyl halides is 3. The van der Waals surface area contributed by atoms with Gasteiger partial charge in [-0.3, -0.25) is 4.99 Å². The summed E-state index contributed by atoms with van der Waals surface area (Å²) >= 11 is 0. The molecular weight excluding hydrogens is 345 g/mol. The van der Waals surface area contributed by atoms with E-state index in [4.69, 9.17) is 16.2 Å². The van der Waals surface area contributed by atoms with Crippen LogP contribution in [-0.4, -0.2) is 19.0 Å². The molecule has 1 heterocycles. The first-order valence-corrected chi connectivity index (χ1v) is 8.11. The minimum atomic E-state index is -4.43. The van der Waals surface area contributed by atoms with Crippen LogP contribution in [0.2, 0.25) is 0 Å². The van der Waals surface area contributed by atoms with E-state index < -0.39 is 11.7 Å². The van der Waals surface area contributed by atoms with Crippen LogP contribution in [0.4, 0.5) is 24.5 Å². The van der Waals surface area contributed by atoms with Crippen molar-refractivity contribution in [3.8, 4) is 5.75 Å². The number of hydrogen-bond acceptors (Lipinski definition) is 3. The molecule has 0 saturated carbocycles. The number of para-hydroxylation sites is 1. The van der Waals surface area contributed by atoms with Gasteiger partial charge in [0, 0.05) is 24.3 Å². The number of anilines is 2. The zero-order valence-corrected chi connectivity index (χ0v) is 14.0. The van der Waals surface area contributed by atoms with Crippen LogP contribution in [0.15, 0.2) is 47.5 Å². The van der Waals surface area contributed by atoms with Crippen molar-refractivity contribution in [1.29, 1.82) is 0 Å². The molecule has 0 unspecified atom stereocenters. The molecule has 0 aromatic heterocycles. The Labute approximate surface area is 149 Å². The molecule has 8 heteroatoms. The van der Waals surface area contributed by atoms with Gasteiger partial charge in [-0.25, -0.2) is 0 Å². The number of halogens is 3. The van der Waals surface area contributed by atoms with Crippen molar-refractivity contribution in [1.82, 2.24) is 0 Å². The quantitative estimate of drug-likeness (QED) is 0.495. The maximum atomic E-state index is 13.2. The summed E-state index contributed by atoms with van der Waals surface area (Å²) in [5.41, 5.74) is 12.0. The molecule has 1 aliphatic rings. The van der Waals surface area contributed by atoms with Gasteiger partial charge in [0.15, 0.2) is 5.96 Å². The molecule has 3 rings (SSSR count). The fourth-order valence-electron chi connectivity index (χ4n) is 2.89. The van der Waals surface area contributed by atoms with Gasteiger partial charge in [0.2, 0.25) is 0 Å². The lowest BCUT2D eigenvalue weighted by atomic mass is 10.1. The first-order valence-electron chi connectivity index (χ1n) is 8.11. The molecule has 138 valence electrons. The Morgan fingerprint density at radius 1 is 1.12 bits per heavy atom. The number of rotatable bonds is 4. The van der Waals surface area contributed by atoms with Gasteiger partial charge >= 0.3 is 6.18 Å². The topological polar surface area (TPSA) is 76.9 Å². The molecule has 0 atom stereocenters. The maximum absolute atomic E-state index is 13.2. The lowest BCUT2D eigenvalue weighted by Gasteiger charge is -2.26. The van der Waals surface area contributed by atoms with E-state index in [2.05, 4.69) is 4.99 Å². The summed E-state index contributed by atoms with van der Waals surface area (Å²) in [5, 5.41) is 0. The van der Waals surface area contributed by atoms with E-state index in [0.717, 1.165) is 23.4 Å². The van der Waals surface area contributed by atoms with Gasteiger partial charge < -0.3 is 21.1 Å². The van der Waals surface area contributed by atoms with Crippen LogP contribution in [0, 0.1) is 0 Å². The van der Waals surface area contributed by atoms with E-state index in [1.165, 1.54) is 6.07 Å². The highest BCUT2D eigenvalue weighted by Gasteiger charge is 2.32. The van der Waals surface area contributed by atoms with E-state index in [9.17, 15) is 13.2 Å². The predicted molar refractivity (Wildman–Crippen MR) is 94.5 cm³/mol. The van der Waals surface area contributed by atoms with Crippen molar-refractivity contribution in [2.45, 2.75) is 19.2 Å². The molecular formula is C18H19F3N4O. The first-order chi connectivity index (χ1) is 12.4. The highest BCUT2D eigenvalue weighted by atomic mass is 19.4. The van der Waals surface area contributed by atoms with Gasteiger partial charge in [-0.05, 0) is 30.7 Å². The molecule has 0 fully saturated rings. The second-order valence-corrected chi connectivity index (χ2v) is 5.91. The van der Waals surface area contributed by atoms with Crippen LogP contribution in [-0.2, 0) is 12.8 Å². The number of fused-ring (bicyclic) bond motifs is 2. The Balaban J connectivity index is 2.00. The van der Waals surface area contributed by atoms with Gasteiger partial charge in [-0.15, -0.1) is 0 Å². The number of benzene rings is 2. The first kappa shape index (κ1) is 17.9. The number of ether oxygens (including phenoxy) is 1. The van der Waals surface area contributed by atoms with Crippen molar-refractivity contribution in [3.63, 3.8) is 0 Å². The minimum absolute atomic E-state index is 0.00985. The molecule has 0 radical (unpaired) electrons. The monoisotopic (exact) mass is 364 g/mol.